The topological polar surface area (TPSA) is 381 Å². The Hall–Kier alpha value is -7.58. The maximum absolute atomic E-state index is 13.8. The van der Waals surface area contributed by atoms with Crippen LogP contribution in [0.4, 0.5) is 4.79 Å². The molecule has 1 saturated heterocycles. The molecule has 2 rings (SSSR count). The van der Waals surface area contributed by atoms with Gasteiger partial charge in [0.15, 0.2) is 5.96 Å². The average molecular weight is 1040 g/mol. The van der Waals surface area contributed by atoms with Crippen molar-refractivity contribution < 1.29 is 71.9 Å². The molecule has 8 amide bonds. The summed E-state index contributed by atoms with van der Waals surface area (Å²) in [5.41, 5.74) is 9.67. The van der Waals surface area contributed by atoms with E-state index >= 15 is 0 Å². The van der Waals surface area contributed by atoms with Gasteiger partial charge in [-0.15, -0.1) is 0 Å². The van der Waals surface area contributed by atoms with Crippen LogP contribution in [0, 0.1) is 0 Å². The van der Waals surface area contributed by atoms with Gasteiger partial charge >= 0.3 is 12.1 Å². The summed E-state index contributed by atoms with van der Waals surface area (Å²) in [7, 11) is 0. The molecule has 0 bridgehead atoms. The number of benzene rings is 1. The molecule has 1 aliphatic rings. The highest BCUT2D eigenvalue weighted by Gasteiger charge is 2.28. The van der Waals surface area contributed by atoms with Gasteiger partial charge in [-0.1, -0.05) is 18.2 Å². The zero-order valence-electron chi connectivity index (χ0n) is 42.7. The Morgan fingerprint density at radius 1 is 0.743 bits per heavy atom. The number of guanidine groups is 1. The molecule has 13 N–H and O–H groups in total. The standard InChI is InChI=1S/C48H73N11O15/c1-31(2)41-45(68)57-34(10-6-17-53-46(49)50)42(65)55-30-39(62)56-36(29-40(63)64)43(66)58-35(44(67)59-41)28-32-11-13-33(14-12-32)73-23-9-19-52-38(61)16-15-37(60)51-18-7-21-70-24-26-72-27-25-71-22-8-20-54-47(69)74-48(3,4)5/h10-14,29,35H,6-9,15-28,30H2,1-5H3,(H,51,60)(H,52,61)(H,54,69)(H,55,65)(H,56,62)(H,57,68)(H,58,66)(H,59,67)(H,63,64)(H4,49,50,53)/b34-10-,36-29+/t35-/m1/s1. The number of nitrogens with zero attached hydrogens (tertiary/aromatic N) is 1. The lowest BCUT2D eigenvalue weighted by Gasteiger charge is -2.21. The lowest BCUT2D eigenvalue weighted by Crippen LogP contribution is -2.51. The first-order valence-corrected chi connectivity index (χ1v) is 24.0. The number of ether oxygens (including phenoxy) is 5. The van der Waals surface area contributed by atoms with Crippen LogP contribution in [0.15, 0.2) is 64.1 Å². The molecule has 1 aromatic rings. The molecule has 74 heavy (non-hydrogen) atoms. The molecule has 0 spiro atoms. The molecule has 0 radical (unpaired) electrons. The van der Waals surface area contributed by atoms with Crippen LogP contribution in [0.2, 0.25) is 0 Å². The van der Waals surface area contributed by atoms with E-state index in [9.17, 15) is 48.3 Å². The van der Waals surface area contributed by atoms with Crippen LogP contribution in [-0.4, -0.2) is 155 Å². The Morgan fingerprint density at radius 2 is 1.31 bits per heavy atom. The Kier molecular flexibility index (Phi) is 29.3. The van der Waals surface area contributed by atoms with E-state index in [1.54, 1.807) is 45.0 Å². The average Bonchev–Trinajstić information content (AvgIpc) is 3.32. The summed E-state index contributed by atoms with van der Waals surface area (Å²) < 4.78 is 27.4. The second-order valence-electron chi connectivity index (χ2n) is 17.4. The second-order valence-corrected chi connectivity index (χ2v) is 17.4. The summed E-state index contributed by atoms with van der Waals surface area (Å²) in [6, 6.07) is 4.99. The van der Waals surface area contributed by atoms with Crippen molar-refractivity contribution in [2.24, 2.45) is 16.5 Å². The molecular formula is C48H73N11O15. The third-order valence-corrected chi connectivity index (χ3v) is 9.58. The lowest BCUT2D eigenvalue weighted by atomic mass is 10.0. The molecule has 1 atom stereocenters. The molecule has 0 aliphatic carbocycles. The summed E-state index contributed by atoms with van der Waals surface area (Å²) in [6.45, 7) is 11.6. The van der Waals surface area contributed by atoms with Crippen molar-refractivity contribution in [2.45, 2.75) is 91.2 Å². The van der Waals surface area contributed by atoms with Crippen LogP contribution in [0.1, 0.15) is 78.7 Å². The molecular weight excluding hydrogens is 971 g/mol. The monoisotopic (exact) mass is 1040 g/mol. The fraction of sp³-hybridized carbons (Fsp3) is 0.542. The molecule has 1 aliphatic heterocycles. The highest BCUT2D eigenvalue weighted by molar-refractivity contribution is 6.07. The number of aliphatic imine (C=N–C) groups is 1. The first-order chi connectivity index (χ1) is 35.1. The summed E-state index contributed by atoms with van der Waals surface area (Å²) in [6.07, 6.45) is 2.82. The van der Waals surface area contributed by atoms with Crippen LogP contribution >= 0.6 is 0 Å². The number of carbonyl (C=O) groups is 9. The fourth-order valence-electron chi connectivity index (χ4n) is 6.06. The van der Waals surface area contributed by atoms with Gasteiger partial charge in [0.05, 0.1) is 45.7 Å². The minimum absolute atomic E-state index is 0.00232. The molecule has 26 heteroatoms. The van der Waals surface area contributed by atoms with Crippen molar-refractivity contribution in [1.82, 2.24) is 42.5 Å². The predicted molar refractivity (Wildman–Crippen MR) is 268 cm³/mol. The van der Waals surface area contributed by atoms with Crippen LogP contribution in [0.25, 0.3) is 0 Å². The number of alkyl carbamates (subject to hydrolysis) is 1. The lowest BCUT2D eigenvalue weighted by molar-refractivity contribution is -0.132. The van der Waals surface area contributed by atoms with E-state index in [4.69, 9.17) is 35.2 Å². The molecule has 0 saturated carbocycles. The van der Waals surface area contributed by atoms with E-state index in [2.05, 4.69) is 47.5 Å². The summed E-state index contributed by atoms with van der Waals surface area (Å²) in [4.78, 5) is 118. The van der Waals surface area contributed by atoms with E-state index < -0.39 is 65.5 Å². The van der Waals surface area contributed by atoms with Crippen molar-refractivity contribution in [3.05, 3.63) is 64.6 Å². The summed E-state index contributed by atoms with van der Waals surface area (Å²) in [5, 5.41) is 29.4. The van der Waals surface area contributed by atoms with Crippen LogP contribution in [-0.2, 0) is 63.7 Å². The maximum atomic E-state index is 13.8. The first kappa shape index (κ1) is 62.5. The molecule has 410 valence electrons. The number of carboxylic acid groups (broad SMARTS) is 1. The van der Waals surface area contributed by atoms with Crippen molar-refractivity contribution in [2.75, 3.05) is 79.0 Å². The van der Waals surface area contributed by atoms with E-state index in [0.717, 1.165) is 0 Å². The van der Waals surface area contributed by atoms with Crippen molar-refractivity contribution >= 4 is 59.4 Å². The number of carboxylic acids is 1. The van der Waals surface area contributed by atoms with Gasteiger partial charge in [0.1, 0.15) is 34.5 Å². The quantitative estimate of drug-likeness (QED) is 0.0210. The third kappa shape index (κ3) is 29.1. The zero-order chi connectivity index (χ0) is 54.9. The second kappa shape index (κ2) is 34.7. The van der Waals surface area contributed by atoms with Gasteiger partial charge in [-0.3, -0.25) is 38.6 Å². The van der Waals surface area contributed by atoms with Crippen molar-refractivity contribution in [1.29, 1.82) is 0 Å². The first-order valence-electron chi connectivity index (χ1n) is 24.0. The Balaban J connectivity index is 1.79. The fourth-order valence-corrected chi connectivity index (χ4v) is 6.06. The number of hydrogen-bond donors (Lipinski definition) is 11. The molecule has 0 unspecified atom stereocenters. The summed E-state index contributed by atoms with van der Waals surface area (Å²) >= 11 is 0. The number of allylic oxidation sites excluding steroid dienone is 1. The number of carbonyl (C=O) groups excluding carboxylic acids is 8. The van der Waals surface area contributed by atoms with Gasteiger partial charge in [-0.05, 0) is 83.6 Å². The highest BCUT2D eigenvalue weighted by Crippen LogP contribution is 2.15. The van der Waals surface area contributed by atoms with Crippen LogP contribution in [0.3, 0.4) is 0 Å². The smallest absolute Gasteiger partial charge is 0.407 e. The molecule has 1 heterocycles. The van der Waals surface area contributed by atoms with E-state index in [1.165, 1.54) is 19.9 Å². The minimum atomic E-state index is -1.60. The normalized spacial score (nSPS) is 15.8. The van der Waals surface area contributed by atoms with E-state index in [-0.39, 0.29) is 74.5 Å². The molecule has 26 nitrogen and oxygen atoms in total. The number of amides is 8. The van der Waals surface area contributed by atoms with Gasteiger partial charge in [0.2, 0.25) is 23.6 Å². The number of nitrogens with one attached hydrogen (secondary N) is 8. The summed E-state index contributed by atoms with van der Waals surface area (Å²) in [5.74, 6) is -6.81. The molecule has 0 aromatic heterocycles. The van der Waals surface area contributed by atoms with Crippen molar-refractivity contribution in [3.63, 3.8) is 0 Å². The van der Waals surface area contributed by atoms with Crippen LogP contribution in [0.5, 0.6) is 5.75 Å². The minimum Gasteiger partial charge on any atom is -0.494 e. The molecule has 1 fully saturated rings. The largest absolute Gasteiger partial charge is 0.494 e. The number of aliphatic carboxylic acids is 1. The maximum Gasteiger partial charge on any atom is 0.407 e. The van der Waals surface area contributed by atoms with Gasteiger partial charge in [-0.2, -0.15) is 0 Å². The van der Waals surface area contributed by atoms with Gasteiger partial charge in [0.25, 0.3) is 17.7 Å². The van der Waals surface area contributed by atoms with Crippen LogP contribution < -0.4 is 58.7 Å². The number of nitrogens with two attached hydrogens (primary N) is 2. The van der Waals surface area contributed by atoms with Gasteiger partial charge in [0, 0.05) is 58.7 Å². The number of rotatable bonds is 28. The Labute approximate surface area is 429 Å². The predicted octanol–water partition coefficient (Wildman–Crippen LogP) is -0.862. The van der Waals surface area contributed by atoms with Gasteiger partial charge < -0.3 is 82.8 Å². The Bertz CT molecular complexity index is 2180. The third-order valence-electron chi connectivity index (χ3n) is 9.58. The van der Waals surface area contributed by atoms with E-state index in [0.29, 0.717) is 95.0 Å². The highest BCUT2D eigenvalue weighted by atomic mass is 16.6. The number of hydrogen-bond acceptors (Lipinski definition) is 15. The Morgan fingerprint density at radius 3 is 1.86 bits per heavy atom. The van der Waals surface area contributed by atoms with Crippen molar-refractivity contribution in [3.8, 4) is 5.75 Å². The zero-order valence-corrected chi connectivity index (χ0v) is 42.7. The SMILES string of the molecule is CC(C)=C1NC(=O)[C@@H](Cc2ccc(OCCCNC(=O)CCC(=O)NCCCOCCOCCOCCCNC(=O)OC(C)(C)C)cc2)NC(=O)/C(=C\C(=O)O)NC(=O)CNC(=O)/C(=C/CCN=C(N)N)NC1=O. The molecule has 1 aromatic carbocycles. The van der Waals surface area contributed by atoms with Gasteiger partial charge in [-0.25, -0.2) is 9.59 Å². The van der Waals surface area contributed by atoms with E-state index in [1.807, 2.05) is 0 Å².